The number of hydrogen-bond donors (Lipinski definition) is 0. The van der Waals surface area contributed by atoms with Gasteiger partial charge in [-0.1, -0.05) is 93.4 Å². The minimum absolute atomic E-state index is 0.0179. The van der Waals surface area contributed by atoms with Gasteiger partial charge in [0.25, 0.3) is 5.69 Å². The maximum absolute atomic E-state index is 13.3. The topological polar surface area (TPSA) is 141 Å². The van der Waals surface area contributed by atoms with Gasteiger partial charge in [0.05, 0.1) is 43.0 Å². The van der Waals surface area contributed by atoms with E-state index in [1.165, 1.54) is 77.0 Å². The molecule has 0 fully saturated rings. The summed E-state index contributed by atoms with van der Waals surface area (Å²) in [6.07, 6.45) is 10.7. The van der Waals surface area contributed by atoms with Gasteiger partial charge in [-0.05, 0) is 60.1 Å². The van der Waals surface area contributed by atoms with Crippen LogP contribution in [0.1, 0.15) is 106 Å². The number of esters is 1. The van der Waals surface area contributed by atoms with Gasteiger partial charge in [0.2, 0.25) is 0 Å². The van der Waals surface area contributed by atoms with Gasteiger partial charge in [-0.3, -0.25) is 14.9 Å². The number of carbonyl (C=O) groups excluding carboxylic acids is 1. The van der Waals surface area contributed by atoms with Crippen molar-refractivity contribution in [3.63, 3.8) is 0 Å². The van der Waals surface area contributed by atoms with E-state index in [-0.39, 0.29) is 28.4 Å². The van der Waals surface area contributed by atoms with Gasteiger partial charge in [-0.15, -0.1) is 10.2 Å². The molecule has 55 heavy (non-hydrogen) atoms. The Morgan fingerprint density at radius 3 is 1.67 bits per heavy atom. The van der Waals surface area contributed by atoms with Crippen LogP contribution in [0.5, 0.6) is 11.5 Å². The Morgan fingerprint density at radius 1 is 0.727 bits per heavy atom. The minimum atomic E-state index is -0.470. The molecule has 1 unspecified atom stereocenters. The lowest BCUT2D eigenvalue weighted by atomic mass is 9.72. The summed E-state index contributed by atoms with van der Waals surface area (Å²) in [7, 11) is 3.04. The molecule has 0 N–H and O–H groups in total. The number of nitrogens with zero attached hydrogens (tertiary/aromatic N) is 6. The van der Waals surface area contributed by atoms with E-state index in [1.807, 2.05) is 24.3 Å². The zero-order chi connectivity index (χ0) is 40.4. The van der Waals surface area contributed by atoms with Crippen LogP contribution in [0, 0.1) is 26.9 Å². The molecule has 0 saturated heterocycles. The van der Waals surface area contributed by atoms with Crippen molar-refractivity contribution in [1.82, 2.24) is 0 Å². The summed E-state index contributed by atoms with van der Waals surface area (Å²) in [5.41, 5.74) is 2.76. The molecule has 0 heterocycles. The van der Waals surface area contributed by atoms with Crippen LogP contribution in [0.3, 0.4) is 0 Å². The summed E-state index contributed by atoms with van der Waals surface area (Å²) in [6, 6.07) is 17.0. The highest BCUT2D eigenvalue weighted by atomic mass is 16.6. The van der Waals surface area contributed by atoms with Crippen LogP contribution >= 0.6 is 0 Å². The second kappa shape index (κ2) is 21.9. The van der Waals surface area contributed by atoms with Gasteiger partial charge in [0, 0.05) is 36.5 Å². The van der Waals surface area contributed by atoms with E-state index >= 15 is 0 Å². The highest BCUT2D eigenvalue weighted by Crippen LogP contribution is 2.41. The largest absolute Gasteiger partial charge is 0.494 e. The van der Waals surface area contributed by atoms with Crippen molar-refractivity contribution >= 4 is 40.1 Å². The van der Waals surface area contributed by atoms with Crippen LogP contribution in [0.15, 0.2) is 81.1 Å². The van der Waals surface area contributed by atoms with E-state index in [2.05, 4.69) is 73.8 Å². The zero-order valence-electron chi connectivity index (χ0n) is 34.5. The number of anilines is 1. The van der Waals surface area contributed by atoms with Gasteiger partial charge in [0.15, 0.2) is 0 Å². The maximum Gasteiger partial charge on any atom is 0.309 e. The Labute approximate surface area is 327 Å². The molecule has 0 aliphatic carbocycles. The van der Waals surface area contributed by atoms with Crippen molar-refractivity contribution in [3.05, 3.63) is 70.8 Å². The molecule has 12 nitrogen and oxygen atoms in total. The number of unbranched alkanes of at least 4 members (excludes halogenated alkanes) is 7. The third-order valence-electron chi connectivity index (χ3n) is 9.34. The van der Waals surface area contributed by atoms with Gasteiger partial charge in [-0.2, -0.15) is 10.2 Å². The standard InChI is InChI=1S/C43H62N6O6/c1-10-11-12-13-14-15-16-17-26-48(27-28-55-41(50)36(43(5,6)7)31-42(2,3)4)34-22-18-32(19-23-34)44-46-37-29-40(54-9)38(30-39(37)53-8)47-45-33-20-24-35(25-21-33)49(51)52/h18-25,29-30,36H,10-17,26-28,31H2,1-9H3. The van der Waals surface area contributed by atoms with Crippen molar-refractivity contribution in [3.8, 4) is 11.5 Å². The first-order chi connectivity index (χ1) is 26.1. The van der Waals surface area contributed by atoms with E-state index in [0.717, 1.165) is 31.5 Å². The fourth-order valence-corrected chi connectivity index (χ4v) is 6.14. The molecular weight excluding hydrogens is 697 g/mol. The number of hydrogen-bond acceptors (Lipinski definition) is 11. The molecule has 0 saturated carbocycles. The van der Waals surface area contributed by atoms with E-state index in [1.54, 1.807) is 12.1 Å². The van der Waals surface area contributed by atoms with E-state index < -0.39 is 4.92 Å². The summed E-state index contributed by atoms with van der Waals surface area (Å²) in [5.74, 6) is 0.513. The molecule has 0 aliphatic heterocycles. The normalized spacial score (nSPS) is 12.6. The second-order valence-electron chi connectivity index (χ2n) is 16.2. The molecule has 0 spiro atoms. The van der Waals surface area contributed by atoms with E-state index in [4.69, 9.17) is 14.2 Å². The van der Waals surface area contributed by atoms with Crippen LogP contribution in [0.25, 0.3) is 0 Å². The first-order valence-electron chi connectivity index (χ1n) is 19.5. The average Bonchev–Trinajstić information content (AvgIpc) is 3.15. The van der Waals surface area contributed by atoms with Gasteiger partial charge in [0.1, 0.15) is 29.5 Å². The number of carbonyl (C=O) groups is 1. The Hall–Kier alpha value is -4.87. The molecule has 3 aromatic rings. The van der Waals surface area contributed by atoms with Crippen molar-refractivity contribution in [2.24, 2.45) is 37.2 Å². The van der Waals surface area contributed by atoms with Gasteiger partial charge < -0.3 is 19.1 Å². The SMILES string of the molecule is CCCCCCCCCCN(CCOC(=O)C(CC(C)(C)C)C(C)(C)C)c1ccc(N=Nc2cc(OC)c(N=Nc3ccc([N+](=O)[O-])cc3)cc2OC)cc1. The Balaban J connectivity index is 1.73. The van der Waals surface area contributed by atoms with Gasteiger partial charge in [-0.25, -0.2) is 0 Å². The molecule has 300 valence electrons. The summed E-state index contributed by atoms with van der Waals surface area (Å²) in [5, 5.41) is 28.3. The van der Waals surface area contributed by atoms with Gasteiger partial charge >= 0.3 is 5.97 Å². The molecule has 12 heteroatoms. The number of ether oxygens (including phenoxy) is 3. The highest BCUT2D eigenvalue weighted by molar-refractivity contribution is 5.73. The monoisotopic (exact) mass is 758 g/mol. The van der Waals surface area contributed by atoms with Crippen molar-refractivity contribution in [2.45, 2.75) is 106 Å². The third kappa shape index (κ3) is 15.4. The van der Waals surface area contributed by atoms with Crippen LogP contribution in [-0.4, -0.2) is 44.8 Å². The highest BCUT2D eigenvalue weighted by Gasteiger charge is 2.35. The molecule has 3 aromatic carbocycles. The fraction of sp³-hybridized carbons (Fsp3) is 0.558. The Kier molecular flexibility index (Phi) is 17.7. The van der Waals surface area contributed by atoms with Crippen LogP contribution in [0.2, 0.25) is 0 Å². The lowest BCUT2D eigenvalue weighted by molar-refractivity contribution is -0.384. The van der Waals surface area contributed by atoms with Crippen LogP contribution < -0.4 is 14.4 Å². The predicted octanol–water partition coefficient (Wildman–Crippen LogP) is 13.0. The Morgan fingerprint density at radius 2 is 1.22 bits per heavy atom. The minimum Gasteiger partial charge on any atom is -0.494 e. The fourth-order valence-electron chi connectivity index (χ4n) is 6.14. The summed E-state index contributed by atoms with van der Waals surface area (Å²) >= 11 is 0. The van der Waals surface area contributed by atoms with Crippen LogP contribution in [-0.2, 0) is 9.53 Å². The number of non-ortho nitro benzene ring substituents is 1. The first-order valence-corrected chi connectivity index (χ1v) is 19.5. The van der Waals surface area contributed by atoms with Crippen molar-refractivity contribution < 1.29 is 23.9 Å². The molecular formula is C43H62N6O6. The smallest absolute Gasteiger partial charge is 0.309 e. The molecule has 0 amide bonds. The average molecular weight is 759 g/mol. The summed E-state index contributed by atoms with van der Waals surface area (Å²) in [6.45, 7) is 16.8. The molecule has 0 aromatic heterocycles. The number of rotatable bonds is 22. The molecule has 1 atom stereocenters. The zero-order valence-corrected chi connectivity index (χ0v) is 34.5. The number of methoxy groups -OCH3 is 2. The summed E-state index contributed by atoms with van der Waals surface area (Å²) in [4.78, 5) is 26.1. The molecule has 0 bridgehead atoms. The van der Waals surface area contributed by atoms with E-state index in [9.17, 15) is 14.9 Å². The quantitative estimate of drug-likeness (QED) is 0.0326. The summed E-state index contributed by atoms with van der Waals surface area (Å²) < 4.78 is 17.1. The van der Waals surface area contributed by atoms with Crippen molar-refractivity contribution in [1.29, 1.82) is 0 Å². The molecule has 3 rings (SSSR count). The third-order valence-corrected chi connectivity index (χ3v) is 9.34. The van der Waals surface area contributed by atoms with Crippen LogP contribution in [0.4, 0.5) is 34.1 Å². The predicted molar refractivity (Wildman–Crippen MR) is 220 cm³/mol. The van der Waals surface area contributed by atoms with Crippen molar-refractivity contribution in [2.75, 3.05) is 38.8 Å². The van der Waals surface area contributed by atoms with E-state index in [0.29, 0.717) is 47.4 Å². The maximum atomic E-state index is 13.3. The number of nitro groups is 1. The number of benzene rings is 3. The molecule has 0 radical (unpaired) electrons. The lowest BCUT2D eigenvalue weighted by Crippen LogP contribution is -2.35. The Bertz CT molecular complexity index is 1690. The second-order valence-corrected chi connectivity index (χ2v) is 16.2. The number of nitro benzene ring substituents is 1. The molecule has 0 aliphatic rings. The lowest BCUT2D eigenvalue weighted by Gasteiger charge is -2.34. The number of azo groups is 2. The first kappa shape index (κ1) is 44.5.